The summed E-state index contributed by atoms with van der Waals surface area (Å²) in [6.45, 7) is -0.760. The first-order chi connectivity index (χ1) is 11.3. The van der Waals surface area contributed by atoms with Crippen molar-refractivity contribution in [1.82, 2.24) is 0 Å². The Morgan fingerprint density at radius 1 is 0.857 bits per heavy atom. The van der Waals surface area contributed by atoms with Crippen LogP contribution in [0, 0.1) is 0 Å². The molecule has 0 amide bonds. The maximum Gasteiger partial charge on any atom is 1.00 e. The van der Waals surface area contributed by atoms with E-state index in [2.05, 4.69) is 0 Å². The zero-order valence-electron chi connectivity index (χ0n) is 15.5. The summed E-state index contributed by atoms with van der Waals surface area (Å²) in [4.78, 5) is 39.9. The molecular formula is C12H17Na3O13. The number of carbonyl (C=O) groups excluding carboxylic acids is 4. The van der Waals surface area contributed by atoms with Crippen LogP contribution in [0.3, 0.4) is 0 Å². The molecule has 0 rings (SSSR count). The average Bonchev–Trinajstić information content (AvgIpc) is 2.50. The Morgan fingerprint density at radius 2 is 1.21 bits per heavy atom. The van der Waals surface area contributed by atoms with Crippen LogP contribution in [-0.2, 0) is 19.2 Å². The molecule has 13 nitrogen and oxygen atoms in total. The van der Waals surface area contributed by atoms with Crippen LogP contribution in [0.1, 0.15) is 12.8 Å². The van der Waals surface area contributed by atoms with Crippen molar-refractivity contribution in [2.24, 2.45) is 0 Å². The van der Waals surface area contributed by atoms with Gasteiger partial charge in [-0.2, -0.15) is 0 Å². The van der Waals surface area contributed by atoms with Gasteiger partial charge in [-0.05, 0) is 0 Å². The molecule has 0 aliphatic heterocycles. The van der Waals surface area contributed by atoms with Gasteiger partial charge in [-0.3, -0.25) is 0 Å². The molecule has 0 fully saturated rings. The molecule has 0 aliphatic rings. The van der Waals surface area contributed by atoms with E-state index in [1.807, 2.05) is 0 Å². The fourth-order valence-corrected chi connectivity index (χ4v) is 1.30. The molecule has 0 saturated carbocycles. The van der Waals surface area contributed by atoms with E-state index in [1.165, 1.54) is 0 Å². The minimum absolute atomic E-state index is 0. The van der Waals surface area contributed by atoms with Crippen LogP contribution in [-0.4, -0.2) is 91.5 Å². The van der Waals surface area contributed by atoms with Crippen LogP contribution < -0.4 is 104 Å². The van der Waals surface area contributed by atoms with Crippen molar-refractivity contribution in [3.05, 3.63) is 0 Å². The number of carbonyl (C=O) groups is 4. The molecule has 0 saturated heterocycles. The monoisotopic (exact) mass is 438 g/mol. The largest absolute Gasteiger partial charge is 1.00 e. The zero-order valence-corrected chi connectivity index (χ0v) is 21.5. The fraction of sp³-hybridized carbons (Fsp3) is 0.667. The molecule has 6 N–H and O–H groups in total. The zero-order chi connectivity index (χ0) is 20.4. The maximum atomic E-state index is 10.1. The van der Waals surface area contributed by atoms with Crippen molar-refractivity contribution < 1.29 is 154 Å². The van der Waals surface area contributed by atoms with Gasteiger partial charge in [-0.15, -0.1) is 0 Å². The van der Waals surface area contributed by atoms with E-state index in [-0.39, 0.29) is 95.0 Å². The number of hydrogen-bond donors (Lipinski definition) is 6. The van der Waals surface area contributed by atoms with Gasteiger partial charge >= 0.3 is 88.7 Å². The van der Waals surface area contributed by atoms with Crippen molar-refractivity contribution >= 4 is 24.2 Å². The molecule has 0 heterocycles. The van der Waals surface area contributed by atoms with Gasteiger partial charge in [0.1, 0.15) is 30.0 Å². The third-order valence-corrected chi connectivity index (χ3v) is 2.67. The second-order valence-corrected chi connectivity index (χ2v) is 4.77. The van der Waals surface area contributed by atoms with Gasteiger partial charge < -0.3 is 65.1 Å². The molecule has 0 aromatic heterocycles. The first-order valence-electron chi connectivity index (χ1n) is 6.44. The third-order valence-electron chi connectivity index (χ3n) is 2.67. The Balaban J connectivity index is -0.000000114. The summed E-state index contributed by atoms with van der Waals surface area (Å²) in [6.07, 6.45) is -9.56. The Hall–Kier alpha value is 0.840. The predicted molar refractivity (Wildman–Crippen MR) is 66.4 cm³/mol. The molecule has 0 radical (unpaired) electrons. The van der Waals surface area contributed by atoms with E-state index in [0.717, 1.165) is 0 Å². The van der Waals surface area contributed by atoms with Crippen LogP contribution in [0.5, 0.6) is 0 Å². The van der Waals surface area contributed by atoms with Gasteiger partial charge in [0.2, 0.25) is 0 Å². The van der Waals surface area contributed by atoms with E-state index < -0.39 is 67.4 Å². The van der Waals surface area contributed by atoms with Gasteiger partial charge in [-0.25, -0.2) is 0 Å². The number of hydrogen-bond acceptors (Lipinski definition) is 13. The number of aliphatic hydroxyl groups excluding tert-OH is 5. The first kappa shape index (κ1) is 39.3. The molecule has 0 spiro atoms. The van der Waals surface area contributed by atoms with Gasteiger partial charge in [0.05, 0.1) is 12.6 Å². The predicted octanol–water partition coefficient (Wildman–Crippen LogP) is -17.6. The number of aliphatic hydroxyl groups is 6. The molecule has 16 heteroatoms. The second kappa shape index (κ2) is 19.8. The van der Waals surface area contributed by atoms with E-state index >= 15 is 0 Å². The summed E-state index contributed by atoms with van der Waals surface area (Å²) in [5.41, 5.74) is -2.97. The molecule has 0 aliphatic carbocycles. The number of aldehydes is 1. The average molecular weight is 438 g/mol. The first-order valence-corrected chi connectivity index (χ1v) is 6.44. The van der Waals surface area contributed by atoms with Crippen LogP contribution >= 0.6 is 0 Å². The molecule has 0 bridgehead atoms. The smallest absolute Gasteiger partial charge is 0.550 e. The van der Waals surface area contributed by atoms with Crippen LogP contribution in [0.25, 0.3) is 0 Å². The van der Waals surface area contributed by atoms with Gasteiger partial charge in [0.15, 0.2) is 6.29 Å². The molecule has 28 heavy (non-hydrogen) atoms. The van der Waals surface area contributed by atoms with Crippen LogP contribution in [0.15, 0.2) is 0 Å². The number of carboxylic acid groups (broad SMARTS) is 3. The van der Waals surface area contributed by atoms with Gasteiger partial charge in [-0.1, -0.05) is 0 Å². The van der Waals surface area contributed by atoms with Gasteiger partial charge in [0, 0.05) is 24.8 Å². The topological polar surface area (TPSA) is 259 Å². The minimum atomic E-state index is -2.97. The SMILES string of the molecule is O=C([O-])CC(O)(CC(=O)[O-])C(=O)[O-].O=C[C@@H](O)[C@@H](O)[C@H](O)[C@H](O)CO.[Na+].[Na+].[Na+]. The van der Waals surface area contributed by atoms with E-state index in [4.69, 9.17) is 30.6 Å². The van der Waals surface area contributed by atoms with Crippen molar-refractivity contribution in [1.29, 1.82) is 0 Å². The van der Waals surface area contributed by atoms with Crippen molar-refractivity contribution in [2.45, 2.75) is 42.9 Å². The molecular weight excluding hydrogens is 421 g/mol. The van der Waals surface area contributed by atoms with Crippen molar-refractivity contribution in [3.8, 4) is 0 Å². The van der Waals surface area contributed by atoms with Crippen molar-refractivity contribution in [2.75, 3.05) is 6.61 Å². The van der Waals surface area contributed by atoms with E-state index in [0.29, 0.717) is 0 Å². The fourth-order valence-electron chi connectivity index (χ4n) is 1.30. The van der Waals surface area contributed by atoms with Gasteiger partial charge in [0.25, 0.3) is 0 Å². The second-order valence-electron chi connectivity index (χ2n) is 4.77. The Labute approximate surface area is 225 Å². The summed E-state index contributed by atoms with van der Waals surface area (Å²) in [5.74, 6) is -5.98. The number of aliphatic carboxylic acids is 3. The normalized spacial score (nSPS) is 14.1. The summed E-state index contributed by atoms with van der Waals surface area (Å²) in [5, 5.41) is 82.5. The molecule has 0 unspecified atom stereocenters. The van der Waals surface area contributed by atoms with E-state index in [1.54, 1.807) is 0 Å². The number of rotatable bonds is 10. The summed E-state index contributed by atoms with van der Waals surface area (Å²) >= 11 is 0. The quantitative estimate of drug-likeness (QED) is 0.137. The maximum absolute atomic E-state index is 10.1. The summed E-state index contributed by atoms with van der Waals surface area (Å²) in [7, 11) is 0. The summed E-state index contributed by atoms with van der Waals surface area (Å²) < 4.78 is 0. The molecule has 146 valence electrons. The number of carboxylic acids is 3. The molecule has 0 aromatic carbocycles. The summed E-state index contributed by atoms with van der Waals surface area (Å²) in [6, 6.07) is 0. The minimum Gasteiger partial charge on any atom is -0.550 e. The van der Waals surface area contributed by atoms with Crippen LogP contribution in [0.2, 0.25) is 0 Å². The molecule has 4 atom stereocenters. The van der Waals surface area contributed by atoms with Crippen molar-refractivity contribution in [3.63, 3.8) is 0 Å². The molecule has 0 aromatic rings. The standard InChI is InChI=1S/C6H8O7.C6H12O6.3Na/c7-3(8)1-6(13,5(11)12)2-4(9)10;7-1-3(9)5(11)6(12)4(10)2-8;;;/h13H,1-2H2,(H,7,8)(H,9,10)(H,11,12);1,3-6,8-12H,2H2;;;/q;;3*+1/p-3/t;3-,4-,5-,6-;;;/m.1.../s1. The Bertz CT molecular complexity index is 460. The Morgan fingerprint density at radius 3 is 1.43 bits per heavy atom. The third kappa shape index (κ3) is 16.6. The van der Waals surface area contributed by atoms with E-state index in [9.17, 15) is 34.5 Å². The Kier molecular flexibility index (Phi) is 27.8. The van der Waals surface area contributed by atoms with Crippen LogP contribution in [0.4, 0.5) is 0 Å².